The van der Waals surface area contributed by atoms with E-state index < -0.39 is 5.97 Å². The molecule has 1 heterocycles. The minimum Gasteiger partial charge on any atom is -0.481 e. The number of hydrogen-bond donors (Lipinski definition) is 1. The van der Waals surface area contributed by atoms with Crippen LogP contribution in [0.5, 0.6) is 0 Å². The summed E-state index contributed by atoms with van der Waals surface area (Å²) in [4.78, 5) is 26.1. The minimum absolute atomic E-state index is 0.0101. The second kappa shape index (κ2) is 8.36. The van der Waals surface area contributed by atoms with E-state index in [1.165, 1.54) is 11.1 Å². The minimum atomic E-state index is -0.900. The summed E-state index contributed by atoms with van der Waals surface area (Å²) >= 11 is 1.66. The number of aryl methyl sites for hydroxylation is 2. The standard InChI is InChI=1S/C17H23NO4S/c1-12-3-4-15(9-13(12)2)23-8-5-16(19)18-6-7-22-11-14(18)10-17(20)21/h3-4,9,14H,5-8,10-11H2,1-2H3,(H,20,21). The van der Waals surface area contributed by atoms with Crippen molar-refractivity contribution in [2.24, 2.45) is 0 Å². The average Bonchev–Trinajstić information content (AvgIpc) is 2.50. The molecule has 0 spiro atoms. The molecule has 1 aliphatic heterocycles. The Bertz CT molecular complexity index is 576. The number of carboxylic acids is 1. The fourth-order valence-corrected chi connectivity index (χ4v) is 3.49. The largest absolute Gasteiger partial charge is 0.481 e. The van der Waals surface area contributed by atoms with Gasteiger partial charge in [0.25, 0.3) is 0 Å². The molecule has 1 aromatic rings. The van der Waals surface area contributed by atoms with Crippen LogP contribution in [0.15, 0.2) is 23.1 Å². The van der Waals surface area contributed by atoms with Crippen LogP contribution >= 0.6 is 11.8 Å². The summed E-state index contributed by atoms with van der Waals surface area (Å²) in [5, 5.41) is 8.94. The van der Waals surface area contributed by atoms with Crippen molar-refractivity contribution >= 4 is 23.6 Å². The zero-order valence-electron chi connectivity index (χ0n) is 13.6. The number of carbonyl (C=O) groups excluding carboxylic acids is 1. The first-order valence-electron chi connectivity index (χ1n) is 7.76. The number of rotatable bonds is 6. The second-order valence-electron chi connectivity index (χ2n) is 5.76. The van der Waals surface area contributed by atoms with E-state index in [9.17, 15) is 9.59 Å². The van der Waals surface area contributed by atoms with Crippen LogP contribution in [0.1, 0.15) is 24.0 Å². The lowest BCUT2D eigenvalue weighted by molar-refractivity contribution is -0.146. The van der Waals surface area contributed by atoms with E-state index in [0.29, 0.717) is 31.9 Å². The van der Waals surface area contributed by atoms with Gasteiger partial charge in [-0.25, -0.2) is 0 Å². The highest BCUT2D eigenvalue weighted by atomic mass is 32.2. The molecule has 2 rings (SSSR count). The van der Waals surface area contributed by atoms with Gasteiger partial charge >= 0.3 is 5.97 Å². The molecule has 1 aromatic carbocycles. The molecule has 1 saturated heterocycles. The van der Waals surface area contributed by atoms with Gasteiger partial charge in [-0.15, -0.1) is 11.8 Å². The SMILES string of the molecule is Cc1ccc(SCCC(=O)N2CCOCC2CC(=O)O)cc1C. The molecule has 1 unspecified atom stereocenters. The van der Waals surface area contributed by atoms with Crippen molar-refractivity contribution in [3.05, 3.63) is 29.3 Å². The maximum Gasteiger partial charge on any atom is 0.305 e. The summed E-state index contributed by atoms with van der Waals surface area (Å²) in [6.45, 7) is 5.42. The summed E-state index contributed by atoms with van der Waals surface area (Å²) < 4.78 is 5.30. The van der Waals surface area contributed by atoms with Gasteiger partial charge in [0.1, 0.15) is 0 Å². The van der Waals surface area contributed by atoms with Gasteiger partial charge < -0.3 is 14.7 Å². The highest BCUT2D eigenvalue weighted by Gasteiger charge is 2.28. The normalized spacial score (nSPS) is 18.0. The number of ether oxygens (including phenoxy) is 1. The van der Waals surface area contributed by atoms with Gasteiger partial charge in [0.05, 0.1) is 25.7 Å². The molecule has 5 nitrogen and oxygen atoms in total. The van der Waals surface area contributed by atoms with E-state index >= 15 is 0 Å². The van der Waals surface area contributed by atoms with Crippen LogP contribution in [-0.2, 0) is 14.3 Å². The van der Waals surface area contributed by atoms with Crippen molar-refractivity contribution in [1.82, 2.24) is 4.90 Å². The Labute approximate surface area is 141 Å². The Balaban J connectivity index is 1.85. The van der Waals surface area contributed by atoms with Gasteiger partial charge in [0.2, 0.25) is 5.91 Å². The first-order chi connectivity index (χ1) is 11.0. The molecule has 1 N–H and O–H groups in total. The lowest BCUT2D eigenvalue weighted by Gasteiger charge is -2.34. The molecule has 0 saturated carbocycles. The third-order valence-electron chi connectivity index (χ3n) is 4.02. The Morgan fingerprint density at radius 1 is 1.35 bits per heavy atom. The zero-order valence-corrected chi connectivity index (χ0v) is 14.4. The number of hydrogen-bond acceptors (Lipinski definition) is 4. The number of aliphatic carboxylic acids is 1. The van der Waals surface area contributed by atoms with Crippen molar-refractivity contribution in [1.29, 1.82) is 0 Å². The van der Waals surface area contributed by atoms with Crippen molar-refractivity contribution in [3.63, 3.8) is 0 Å². The number of amides is 1. The summed E-state index contributed by atoms with van der Waals surface area (Å²) in [7, 11) is 0. The van der Waals surface area contributed by atoms with Crippen LogP contribution in [0.3, 0.4) is 0 Å². The van der Waals surface area contributed by atoms with Gasteiger partial charge in [0, 0.05) is 23.6 Å². The fourth-order valence-electron chi connectivity index (χ4n) is 2.56. The maximum atomic E-state index is 12.4. The van der Waals surface area contributed by atoms with Gasteiger partial charge in [-0.1, -0.05) is 6.07 Å². The molecule has 126 valence electrons. The van der Waals surface area contributed by atoms with E-state index in [0.717, 1.165) is 4.90 Å². The highest BCUT2D eigenvalue weighted by molar-refractivity contribution is 7.99. The van der Waals surface area contributed by atoms with Crippen molar-refractivity contribution in [3.8, 4) is 0 Å². The molecule has 1 aliphatic rings. The van der Waals surface area contributed by atoms with Gasteiger partial charge in [0.15, 0.2) is 0 Å². The zero-order chi connectivity index (χ0) is 16.8. The van der Waals surface area contributed by atoms with Crippen LogP contribution in [-0.4, -0.2) is 53.4 Å². The Morgan fingerprint density at radius 3 is 2.83 bits per heavy atom. The Kier molecular flexibility index (Phi) is 6.47. The summed E-state index contributed by atoms with van der Waals surface area (Å²) in [6.07, 6.45) is 0.351. The molecule has 23 heavy (non-hydrogen) atoms. The smallest absolute Gasteiger partial charge is 0.305 e. The van der Waals surface area contributed by atoms with Crippen molar-refractivity contribution in [2.45, 2.75) is 37.6 Å². The number of thioether (sulfide) groups is 1. The van der Waals surface area contributed by atoms with Crippen LogP contribution in [0.4, 0.5) is 0 Å². The number of benzene rings is 1. The molecule has 0 bridgehead atoms. The molecule has 1 atom stereocenters. The summed E-state index contributed by atoms with van der Waals surface area (Å²) in [5.41, 5.74) is 2.51. The van der Waals surface area contributed by atoms with Crippen molar-refractivity contribution < 1.29 is 19.4 Å². The Morgan fingerprint density at radius 2 is 2.13 bits per heavy atom. The summed E-state index contributed by atoms with van der Waals surface area (Å²) in [6, 6.07) is 5.94. The molecule has 1 fully saturated rings. The van der Waals surface area contributed by atoms with E-state index in [-0.39, 0.29) is 18.4 Å². The van der Waals surface area contributed by atoms with E-state index in [1.807, 2.05) is 0 Å². The molecule has 6 heteroatoms. The highest BCUT2D eigenvalue weighted by Crippen LogP contribution is 2.22. The van der Waals surface area contributed by atoms with Crippen LogP contribution in [0, 0.1) is 13.8 Å². The predicted octanol–water partition coefficient (Wildman–Crippen LogP) is 2.49. The fraction of sp³-hybridized carbons (Fsp3) is 0.529. The van der Waals surface area contributed by atoms with E-state index in [2.05, 4.69) is 32.0 Å². The average molecular weight is 337 g/mol. The van der Waals surface area contributed by atoms with E-state index in [4.69, 9.17) is 9.84 Å². The number of carbonyl (C=O) groups is 2. The maximum absolute atomic E-state index is 12.4. The van der Waals surface area contributed by atoms with Gasteiger partial charge in [-0.2, -0.15) is 0 Å². The first-order valence-corrected chi connectivity index (χ1v) is 8.75. The second-order valence-corrected chi connectivity index (χ2v) is 6.93. The molecular weight excluding hydrogens is 314 g/mol. The molecule has 0 aliphatic carbocycles. The topological polar surface area (TPSA) is 66.8 Å². The van der Waals surface area contributed by atoms with Crippen LogP contribution in [0.25, 0.3) is 0 Å². The number of nitrogens with zero attached hydrogens (tertiary/aromatic N) is 1. The van der Waals surface area contributed by atoms with Crippen LogP contribution in [0.2, 0.25) is 0 Å². The van der Waals surface area contributed by atoms with Gasteiger partial charge in [-0.05, 0) is 37.1 Å². The van der Waals surface area contributed by atoms with Crippen LogP contribution < -0.4 is 0 Å². The van der Waals surface area contributed by atoms with E-state index in [1.54, 1.807) is 16.7 Å². The quantitative estimate of drug-likeness (QED) is 0.808. The lowest BCUT2D eigenvalue weighted by Crippen LogP contribution is -2.49. The number of morpholine rings is 1. The molecule has 1 amide bonds. The predicted molar refractivity (Wildman–Crippen MR) is 89.8 cm³/mol. The molecule has 0 aromatic heterocycles. The third kappa shape index (κ3) is 5.25. The molecular formula is C17H23NO4S. The third-order valence-corrected chi connectivity index (χ3v) is 5.02. The summed E-state index contributed by atoms with van der Waals surface area (Å²) in [5.74, 6) is -0.197. The van der Waals surface area contributed by atoms with Gasteiger partial charge in [-0.3, -0.25) is 9.59 Å². The monoisotopic (exact) mass is 337 g/mol. The molecule has 0 radical (unpaired) electrons. The van der Waals surface area contributed by atoms with Crippen molar-refractivity contribution in [2.75, 3.05) is 25.5 Å². The first kappa shape index (κ1) is 17.8. The number of carboxylic acid groups (broad SMARTS) is 1. The Hall–Kier alpha value is -1.53. The lowest BCUT2D eigenvalue weighted by atomic mass is 10.1.